The molecule has 0 aliphatic carbocycles. The molecule has 2 aromatic rings. The van der Waals surface area contributed by atoms with Gasteiger partial charge in [0.2, 0.25) is 0 Å². The Balaban J connectivity index is 2.55. The molecule has 0 saturated carbocycles. The van der Waals surface area contributed by atoms with Crippen LogP contribution in [0.2, 0.25) is 0 Å². The first-order valence-electron chi connectivity index (χ1n) is 7.52. The molecule has 0 radical (unpaired) electrons. The summed E-state index contributed by atoms with van der Waals surface area (Å²) in [5.41, 5.74) is 5.90. The van der Waals surface area contributed by atoms with Crippen molar-refractivity contribution in [2.24, 2.45) is 0 Å². The minimum absolute atomic E-state index is 1.12. The summed E-state index contributed by atoms with van der Waals surface area (Å²) in [5.74, 6) is 0. The molecule has 1 heteroatoms. The minimum Gasteiger partial charge on any atom is -0.344 e. The van der Waals surface area contributed by atoms with Crippen LogP contribution >= 0.6 is 0 Å². The summed E-state index contributed by atoms with van der Waals surface area (Å²) in [7, 11) is 2.10. The molecule has 0 saturated heterocycles. The molecule has 0 fully saturated rings. The van der Waals surface area contributed by atoms with Gasteiger partial charge in [0.25, 0.3) is 0 Å². The lowest BCUT2D eigenvalue weighted by molar-refractivity contribution is 1.20. The van der Waals surface area contributed by atoms with Crippen LogP contribution in [0.15, 0.2) is 79.4 Å². The van der Waals surface area contributed by atoms with Gasteiger partial charge in [0.05, 0.1) is 0 Å². The van der Waals surface area contributed by atoms with Crippen molar-refractivity contribution in [1.82, 2.24) is 0 Å². The van der Waals surface area contributed by atoms with E-state index in [1.54, 1.807) is 0 Å². The molecule has 0 N–H and O–H groups in total. The lowest BCUT2D eigenvalue weighted by atomic mass is 9.99. The molecule has 0 spiro atoms. The summed E-state index contributed by atoms with van der Waals surface area (Å²) in [4.78, 5) is 2.21. The molecule has 112 valence electrons. The van der Waals surface area contributed by atoms with Crippen molar-refractivity contribution < 1.29 is 0 Å². The maximum atomic E-state index is 3.97. The Morgan fingerprint density at radius 3 is 2.45 bits per heavy atom. The van der Waals surface area contributed by atoms with Gasteiger partial charge in [-0.25, -0.2) is 0 Å². The van der Waals surface area contributed by atoms with E-state index in [4.69, 9.17) is 0 Å². The first-order valence-corrected chi connectivity index (χ1v) is 7.52. The lowest BCUT2D eigenvalue weighted by Crippen LogP contribution is -2.11. The smallest absolute Gasteiger partial charge is 0.0487 e. The van der Waals surface area contributed by atoms with E-state index >= 15 is 0 Å². The van der Waals surface area contributed by atoms with Gasteiger partial charge in [-0.15, -0.1) is 0 Å². The second-order valence-electron chi connectivity index (χ2n) is 5.27. The van der Waals surface area contributed by atoms with Gasteiger partial charge >= 0.3 is 0 Å². The third-order valence-electron chi connectivity index (χ3n) is 3.66. The fourth-order valence-corrected chi connectivity index (χ4v) is 2.43. The highest BCUT2D eigenvalue weighted by Crippen LogP contribution is 2.32. The van der Waals surface area contributed by atoms with Crippen molar-refractivity contribution in [1.29, 1.82) is 0 Å². The second kappa shape index (κ2) is 7.46. The van der Waals surface area contributed by atoms with Crippen molar-refractivity contribution in [2.45, 2.75) is 13.8 Å². The molecule has 0 aromatic heterocycles. The fourth-order valence-electron chi connectivity index (χ4n) is 2.43. The van der Waals surface area contributed by atoms with E-state index in [1.807, 2.05) is 31.2 Å². The van der Waals surface area contributed by atoms with Crippen molar-refractivity contribution >= 4 is 16.9 Å². The van der Waals surface area contributed by atoms with Crippen LogP contribution in [0, 0.1) is 6.92 Å². The van der Waals surface area contributed by atoms with E-state index in [2.05, 4.69) is 74.0 Å². The summed E-state index contributed by atoms with van der Waals surface area (Å²) in [6.45, 7) is 8.11. The van der Waals surface area contributed by atoms with Gasteiger partial charge in [0.1, 0.15) is 0 Å². The van der Waals surface area contributed by atoms with E-state index in [1.165, 1.54) is 22.5 Å². The number of hydrogen-bond donors (Lipinski definition) is 0. The standard InChI is InChI=1S/C21H23N/c1-5-7-11-18(6-2)20-16-17(3)14-15-21(20)22(4)19-12-9-8-10-13-19/h5-16H,2H2,1,3-4H3/b7-5-,18-11+. The summed E-state index contributed by atoms with van der Waals surface area (Å²) in [5, 5.41) is 0. The monoisotopic (exact) mass is 289 g/mol. The fraction of sp³-hybridized carbons (Fsp3) is 0.143. The quantitative estimate of drug-likeness (QED) is 0.619. The highest BCUT2D eigenvalue weighted by atomic mass is 15.1. The molecule has 0 heterocycles. The molecule has 0 amide bonds. The van der Waals surface area contributed by atoms with Crippen LogP contribution in [-0.2, 0) is 0 Å². The van der Waals surface area contributed by atoms with E-state index in [0.717, 1.165) is 5.57 Å². The molecule has 0 bridgehead atoms. The number of benzene rings is 2. The van der Waals surface area contributed by atoms with Crippen LogP contribution in [0.1, 0.15) is 18.1 Å². The Kier molecular flexibility index (Phi) is 5.37. The average molecular weight is 289 g/mol. The molecule has 0 unspecified atom stereocenters. The van der Waals surface area contributed by atoms with Crippen LogP contribution in [0.4, 0.5) is 11.4 Å². The van der Waals surface area contributed by atoms with Gasteiger partial charge in [0.15, 0.2) is 0 Å². The molecule has 22 heavy (non-hydrogen) atoms. The molecule has 2 aromatic carbocycles. The van der Waals surface area contributed by atoms with Gasteiger partial charge in [-0.1, -0.05) is 60.7 Å². The third-order valence-corrected chi connectivity index (χ3v) is 3.66. The first kappa shape index (κ1) is 15.8. The van der Waals surface area contributed by atoms with Crippen LogP contribution in [-0.4, -0.2) is 7.05 Å². The molecule has 2 rings (SSSR count). The molecular formula is C21H23N. The Bertz CT molecular complexity index is 693. The Hall–Kier alpha value is -2.54. The van der Waals surface area contributed by atoms with Crippen LogP contribution in [0.3, 0.4) is 0 Å². The van der Waals surface area contributed by atoms with Crippen molar-refractivity contribution in [3.8, 4) is 0 Å². The molecule has 0 aliphatic heterocycles. The van der Waals surface area contributed by atoms with Gasteiger partial charge in [0, 0.05) is 24.0 Å². The second-order valence-corrected chi connectivity index (χ2v) is 5.27. The van der Waals surface area contributed by atoms with Crippen LogP contribution in [0.25, 0.3) is 5.57 Å². The summed E-state index contributed by atoms with van der Waals surface area (Å²) in [6.07, 6.45) is 8.09. The van der Waals surface area contributed by atoms with Crippen LogP contribution in [0.5, 0.6) is 0 Å². The van der Waals surface area contributed by atoms with E-state index < -0.39 is 0 Å². The molecule has 0 aliphatic rings. The van der Waals surface area contributed by atoms with Gasteiger partial charge < -0.3 is 4.90 Å². The number of para-hydroxylation sites is 1. The maximum Gasteiger partial charge on any atom is 0.0487 e. The zero-order valence-electron chi connectivity index (χ0n) is 13.6. The highest BCUT2D eigenvalue weighted by Gasteiger charge is 2.11. The summed E-state index contributed by atoms with van der Waals surface area (Å²) in [6, 6.07) is 16.9. The predicted octanol–water partition coefficient (Wildman–Crippen LogP) is 5.91. The molecular weight excluding hydrogens is 266 g/mol. The summed E-state index contributed by atoms with van der Waals surface area (Å²) < 4.78 is 0. The number of aryl methyl sites for hydroxylation is 1. The number of nitrogens with zero attached hydrogens (tertiary/aromatic N) is 1. The number of hydrogen-bond acceptors (Lipinski definition) is 1. The van der Waals surface area contributed by atoms with Crippen molar-refractivity contribution in [3.63, 3.8) is 0 Å². The third kappa shape index (κ3) is 3.56. The van der Waals surface area contributed by atoms with Gasteiger partial charge in [-0.05, 0) is 43.7 Å². The zero-order chi connectivity index (χ0) is 15.9. The SMILES string of the molecule is C=C/C(=C\C=C/C)c1cc(C)ccc1N(C)c1ccccc1. The first-order chi connectivity index (χ1) is 10.7. The van der Waals surface area contributed by atoms with Gasteiger partial charge in [-0.2, -0.15) is 0 Å². The van der Waals surface area contributed by atoms with E-state index in [-0.39, 0.29) is 0 Å². The largest absolute Gasteiger partial charge is 0.344 e. The molecule has 0 atom stereocenters. The molecule has 1 nitrogen and oxygen atoms in total. The summed E-state index contributed by atoms with van der Waals surface area (Å²) >= 11 is 0. The van der Waals surface area contributed by atoms with Crippen molar-refractivity contribution in [2.75, 3.05) is 11.9 Å². The topological polar surface area (TPSA) is 3.24 Å². The number of anilines is 2. The lowest BCUT2D eigenvalue weighted by Gasteiger charge is -2.23. The predicted molar refractivity (Wildman–Crippen MR) is 98.7 cm³/mol. The Morgan fingerprint density at radius 2 is 1.82 bits per heavy atom. The maximum absolute atomic E-state index is 3.97. The number of allylic oxidation sites excluding steroid dienone is 5. The van der Waals surface area contributed by atoms with Crippen LogP contribution < -0.4 is 4.90 Å². The minimum atomic E-state index is 1.12. The Morgan fingerprint density at radius 1 is 1.09 bits per heavy atom. The van der Waals surface area contributed by atoms with E-state index in [0.29, 0.717) is 0 Å². The highest BCUT2D eigenvalue weighted by molar-refractivity contribution is 5.85. The van der Waals surface area contributed by atoms with E-state index in [9.17, 15) is 0 Å². The average Bonchev–Trinajstić information content (AvgIpc) is 2.56. The van der Waals surface area contributed by atoms with Gasteiger partial charge in [-0.3, -0.25) is 0 Å². The Labute approximate surface area is 133 Å². The number of rotatable bonds is 5. The normalized spacial score (nSPS) is 11.7. The van der Waals surface area contributed by atoms with Crippen molar-refractivity contribution in [3.05, 3.63) is 90.5 Å². The zero-order valence-corrected chi connectivity index (χ0v) is 13.6.